The van der Waals surface area contributed by atoms with Crippen molar-refractivity contribution in [3.63, 3.8) is 0 Å². The van der Waals surface area contributed by atoms with Crippen molar-refractivity contribution in [1.82, 2.24) is 0 Å². The molecule has 0 aromatic heterocycles. The molecule has 1 rings (SSSR count). The molecular formula is C9H9BrCl. The van der Waals surface area contributed by atoms with Gasteiger partial charge >= 0.3 is 0 Å². The van der Waals surface area contributed by atoms with E-state index in [0.717, 1.165) is 15.1 Å². The minimum Gasteiger partial charge on any atom is -0.0843 e. The lowest BCUT2D eigenvalue weighted by molar-refractivity contribution is 0.963. The second-order valence-corrected chi connectivity index (χ2v) is 3.96. The molecule has 0 bridgehead atoms. The van der Waals surface area contributed by atoms with Crippen LogP contribution in [0.5, 0.6) is 0 Å². The van der Waals surface area contributed by atoms with E-state index in [1.165, 1.54) is 0 Å². The summed E-state index contributed by atoms with van der Waals surface area (Å²) in [6.07, 6.45) is 0. The fourth-order valence-corrected chi connectivity index (χ4v) is 1.75. The Morgan fingerprint density at radius 1 is 1.45 bits per heavy atom. The van der Waals surface area contributed by atoms with E-state index in [4.69, 9.17) is 11.6 Å². The highest BCUT2D eigenvalue weighted by molar-refractivity contribution is 9.10. The molecular weight excluding hydrogens is 223 g/mol. The molecule has 0 aliphatic heterocycles. The van der Waals surface area contributed by atoms with Crippen LogP contribution in [0.1, 0.15) is 18.4 Å². The molecule has 0 N–H and O–H groups in total. The van der Waals surface area contributed by atoms with E-state index in [9.17, 15) is 0 Å². The molecule has 0 amide bonds. The van der Waals surface area contributed by atoms with Crippen LogP contribution in [-0.4, -0.2) is 0 Å². The highest BCUT2D eigenvalue weighted by Crippen LogP contribution is 2.23. The largest absolute Gasteiger partial charge is 0.0843 e. The Labute approximate surface area is 80.7 Å². The van der Waals surface area contributed by atoms with E-state index >= 15 is 0 Å². The molecule has 11 heavy (non-hydrogen) atoms. The fraction of sp³-hybridized carbons (Fsp3) is 0.222. The zero-order chi connectivity index (χ0) is 8.43. The molecule has 0 aliphatic carbocycles. The number of halogens is 2. The van der Waals surface area contributed by atoms with Gasteiger partial charge in [-0.15, -0.1) is 0 Å². The molecule has 0 spiro atoms. The normalized spacial score (nSPS) is 10.6. The Bertz CT molecular complexity index is 235. The van der Waals surface area contributed by atoms with Crippen LogP contribution in [0.4, 0.5) is 0 Å². The summed E-state index contributed by atoms with van der Waals surface area (Å²) in [5.74, 6) is 0.282. The second kappa shape index (κ2) is 3.59. The molecule has 0 aliphatic rings. The predicted octanol–water partition coefficient (Wildman–Crippen LogP) is 4.04. The Balaban J connectivity index is 3.08. The molecule has 0 heterocycles. The number of rotatable bonds is 1. The maximum Gasteiger partial charge on any atom is 0.0420 e. The van der Waals surface area contributed by atoms with E-state index < -0.39 is 0 Å². The van der Waals surface area contributed by atoms with Gasteiger partial charge in [-0.1, -0.05) is 34.5 Å². The van der Waals surface area contributed by atoms with E-state index in [-0.39, 0.29) is 5.92 Å². The number of hydrogen-bond acceptors (Lipinski definition) is 0. The minimum atomic E-state index is 0.282. The summed E-state index contributed by atoms with van der Waals surface area (Å²) in [6, 6.07) is 5.83. The number of benzene rings is 1. The first-order valence-corrected chi connectivity index (χ1v) is 4.56. The van der Waals surface area contributed by atoms with Crippen molar-refractivity contribution in [2.45, 2.75) is 12.8 Å². The fourth-order valence-electron chi connectivity index (χ4n) is 0.860. The monoisotopic (exact) mass is 231 g/mol. The zero-order valence-electron chi connectivity index (χ0n) is 6.27. The van der Waals surface area contributed by atoms with Crippen molar-refractivity contribution in [1.29, 1.82) is 0 Å². The van der Waals surface area contributed by atoms with Gasteiger partial charge in [-0.05, 0) is 36.6 Å². The molecule has 59 valence electrons. The van der Waals surface area contributed by atoms with Crippen LogP contribution < -0.4 is 0 Å². The van der Waals surface area contributed by atoms with Crippen molar-refractivity contribution in [3.05, 3.63) is 40.2 Å². The minimum absolute atomic E-state index is 0.282. The summed E-state index contributed by atoms with van der Waals surface area (Å²) in [5, 5.41) is 0.755. The van der Waals surface area contributed by atoms with Crippen LogP contribution in [0.25, 0.3) is 0 Å². The molecule has 1 radical (unpaired) electrons. The van der Waals surface area contributed by atoms with Crippen LogP contribution in [0.2, 0.25) is 5.02 Å². The van der Waals surface area contributed by atoms with Gasteiger partial charge in [0.05, 0.1) is 0 Å². The molecule has 1 atom stereocenters. The van der Waals surface area contributed by atoms with Crippen LogP contribution in [0, 0.1) is 6.92 Å². The topological polar surface area (TPSA) is 0 Å². The Morgan fingerprint density at radius 3 is 2.55 bits per heavy atom. The van der Waals surface area contributed by atoms with Gasteiger partial charge in [0.25, 0.3) is 0 Å². The lowest BCUT2D eigenvalue weighted by Crippen LogP contribution is -1.86. The Hall–Kier alpha value is -0.0100. The van der Waals surface area contributed by atoms with Crippen molar-refractivity contribution in [2.24, 2.45) is 0 Å². The van der Waals surface area contributed by atoms with Crippen molar-refractivity contribution < 1.29 is 0 Å². The van der Waals surface area contributed by atoms with Gasteiger partial charge in [0.2, 0.25) is 0 Å². The van der Waals surface area contributed by atoms with E-state index in [0.29, 0.717) is 0 Å². The average Bonchev–Trinajstić information content (AvgIpc) is 1.85. The summed E-state index contributed by atoms with van der Waals surface area (Å²) < 4.78 is 1.01. The van der Waals surface area contributed by atoms with Crippen LogP contribution in [-0.2, 0) is 0 Å². The summed E-state index contributed by atoms with van der Waals surface area (Å²) in [4.78, 5) is 0. The quantitative estimate of drug-likeness (QED) is 0.685. The van der Waals surface area contributed by atoms with Gasteiger partial charge in [-0.25, -0.2) is 0 Å². The lowest BCUT2D eigenvalue weighted by Gasteiger charge is -2.05. The van der Waals surface area contributed by atoms with E-state index in [1.54, 1.807) is 0 Å². The standard InChI is InChI=1S/C9H9BrCl/c1-6(2)7-3-8(10)5-9(11)4-7/h3-6H,1H2,2H3. The van der Waals surface area contributed by atoms with Crippen molar-refractivity contribution in [2.75, 3.05) is 0 Å². The number of hydrogen-bond donors (Lipinski definition) is 0. The Kier molecular flexibility index (Phi) is 2.97. The lowest BCUT2D eigenvalue weighted by atomic mass is 10.0. The summed E-state index contributed by atoms with van der Waals surface area (Å²) in [6.45, 7) is 5.95. The smallest absolute Gasteiger partial charge is 0.0420 e. The molecule has 0 saturated carbocycles. The van der Waals surface area contributed by atoms with Crippen LogP contribution in [0.3, 0.4) is 0 Å². The average molecular weight is 233 g/mol. The molecule has 0 fully saturated rings. The molecule has 1 aromatic rings. The molecule has 2 heteroatoms. The van der Waals surface area contributed by atoms with Gasteiger partial charge in [0.15, 0.2) is 0 Å². The Morgan fingerprint density at radius 2 is 2.09 bits per heavy atom. The molecule has 0 saturated heterocycles. The summed E-state index contributed by atoms with van der Waals surface area (Å²) in [7, 11) is 0. The first-order chi connectivity index (χ1) is 5.09. The van der Waals surface area contributed by atoms with E-state index in [1.807, 2.05) is 25.1 Å². The van der Waals surface area contributed by atoms with E-state index in [2.05, 4.69) is 22.9 Å². The maximum atomic E-state index is 5.84. The predicted molar refractivity (Wildman–Crippen MR) is 52.9 cm³/mol. The highest BCUT2D eigenvalue weighted by Gasteiger charge is 2.00. The van der Waals surface area contributed by atoms with Gasteiger partial charge in [0.1, 0.15) is 0 Å². The van der Waals surface area contributed by atoms with Crippen molar-refractivity contribution in [3.8, 4) is 0 Å². The maximum absolute atomic E-state index is 5.84. The van der Waals surface area contributed by atoms with Gasteiger partial charge < -0.3 is 0 Å². The van der Waals surface area contributed by atoms with Gasteiger partial charge in [0, 0.05) is 9.50 Å². The first kappa shape index (κ1) is 9.08. The van der Waals surface area contributed by atoms with Gasteiger partial charge in [-0.3, -0.25) is 0 Å². The second-order valence-electron chi connectivity index (χ2n) is 2.60. The highest BCUT2D eigenvalue weighted by atomic mass is 79.9. The SMILES string of the molecule is [CH2]C(C)c1cc(Cl)cc(Br)c1. The molecule has 1 aromatic carbocycles. The zero-order valence-corrected chi connectivity index (χ0v) is 8.61. The molecule has 0 nitrogen and oxygen atoms in total. The first-order valence-electron chi connectivity index (χ1n) is 3.38. The van der Waals surface area contributed by atoms with Gasteiger partial charge in [-0.2, -0.15) is 0 Å². The van der Waals surface area contributed by atoms with Crippen molar-refractivity contribution >= 4 is 27.5 Å². The third-order valence-electron chi connectivity index (χ3n) is 1.45. The van der Waals surface area contributed by atoms with Crippen LogP contribution >= 0.6 is 27.5 Å². The summed E-state index contributed by atoms with van der Waals surface area (Å²) in [5.41, 5.74) is 1.16. The third kappa shape index (κ3) is 2.49. The third-order valence-corrected chi connectivity index (χ3v) is 2.13. The van der Waals surface area contributed by atoms with Crippen LogP contribution in [0.15, 0.2) is 22.7 Å². The molecule has 1 unspecified atom stereocenters. The summed E-state index contributed by atoms with van der Waals surface area (Å²) >= 11 is 9.21.